The van der Waals surface area contributed by atoms with Gasteiger partial charge in [-0.15, -0.1) is 0 Å². The molecule has 0 radical (unpaired) electrons. The van der Waals surface area contributed by atoms with E-state index in [-0.39, 0.29) is 25.6 Å². The highest BCUT2D eigenvalue weighted by Crippen LogP contribution is 2.05. The second-order valence-corrected chi connectivity index (χ2v) is 4.22. The van der Waals surface area contributed by atoms with E-state index < -0.39 is 11.8 Å². The Morgan fingerprint density at radius 2 is 2.05 bits per heavy atom. The van der Waals surface area contributed by atoms with Crippen molar-refractivity contribution in [2.24, 2.45) is 0 Å². The lowest BCUT2D eigenvalue weighted by Gasteiger charge is -2.20. The number of hydrogen-bond acceptors (Lipinski definition) is 5. The fraction of sp³-hybridized carbons (Fsp3) is 0.231. The summed E-state index contributed by atoms with van der Waals surface area (Å²) in [6.45, 7) is 0.0791. The topological polar surface area (TPSA) is 111 Å². The van der Waals surface area contributed by atoms with Gasteiger partial charge in [-0.3, -0.25) is 14.9 Å². The van der Waals surface area contributed by atoms with Crippen LogP contribution in [0.4, 0.5) is 5.95 Å². The van der Waals surface area contributed by atoms with Crippen LogP contribution in [0.15, 0.2) is 36.7 Å². The van der Waals surface area contributed by atoms with E-state index >= 15 is 0 Å². The van der Waals surface area contributed by atoms with E-state index in [9.17, 15) is 9.59 Å². The van der Waals surface area contributed by atoms with Crippen molar-refractivity contribution >= 4 is 17.8 Å². The average Bonchev–Trinajstić information content (AvgIpc) is 3.00. The van der Waals surface area contributed by atoms with Gasteiger partial charge in [0.2, 0.25) is 5.95 Å². The summed E-state index contributed by atoms with van der Waals surface area (Å²) in [7, 11) is 0. The number of H-pyrrole nitrogens is 1. The molecule has 2 aromatic rings. The number of rotatable bonds is 5. The summed E-state index contributed by atoms with van der Waals surface area (Å²) < 4.78 is 0. The average molecular weight is 289 g/mol. The molecule has 0 saturated carbocycles. The van der Waals surface area contributed by atoms with Crippen LogP contribution in [0.2, 0.25) is 0 Å². The van der Waals surface area contributed by atoms with Crippen LogP contribution >= 0.6 is 0 Å². The van der Waals surface area contributed by atoms with Gasteiger partial charge in [0.05, 0.1) is 6.61 Å². The van der Waals surface area contributed by atoms with Crippen molar-refractivity contribution in [2.45, 2.75) is 6.54 Å². The Bertz CT molecular complexity index is 585. The van der Waals surface area contributed by atoms with Crippen LogP contribution < -0.4 is 5.32 Å². The van der Waals surface area contributed by atoms with Gasteiger partial charge in [0.25, 0.3) is 0 Å². The summed E-state index contributed by atoms with van der Waals surface area (Å²) in [5, 5.41) is 17.4. The van der Waals surface area contributed by atoms with Crippen LogP contribution in [0.1, 0.15) is 5.56 Å². The van der Waals surface area contributed by atoms with E-state index in [1.807, 2.05) is 30.3 Å². The quantitative estimate of drug-likeness (QED) is 0.658. The Morgan fingerprint density at radius 3 is 2.67 bits per heavy atom. The van der Waals surface area contributed by atoms with Crippen molar-refractivity contribution < 1.29 is 14.7 Å². The first-order valence-electron chi connectivity index (χ1n) is 6.31. The number of aromatic amines is 1. The van der Waals surface area contributed by atoms with Crippen LogP contribution in [0.3, 0.4) is 0 Å². The highest BCUT2D eigenvalue weighted by Gasteiger charge is 2.22. The first-order chi connectivity index (χ1) is 10.2. The van der Waals surface area contributed by atoms with E-state index in [0.717, 1.165) is 5.56 Å². The predicted molar refractivity (Wildman–Crippen MR) is 74.0 cm³/mol. The standard InChI is InChI=1S/C13H15N5O3/c19-7-6-18(8-10-4-2-1-3-5-10)12(21)11(20)16-13-14-9-15-17-13/h1-5,9,19H,6-8H2,(H2,14,15,16,17,20). The van der Waals surface area contributed by atoms with Gasteiger partial charge in [0, 0.05) is 13.1 Å². The lowest BCUT2D eigenvalue weighted by molar-refractivity contribution is -0.143. The third-order valence-electron chi connectivity index (χ3n) is 2.71. The smallest absolute Gasteiger partial charge is 0.316 e. The van der Waals surface area contributed by atoms with Crippen LogP contribution in [0.5, 0.6) is 0 Å². The van der Waals surface area contributed by atoms with Gasteiger partial charge in [-0.2, -0.15) is 10.1 Å². The van der Waals surface area contributed by atoms with Gasteiger partial charge in [-0.05, 0) is 5.56 Å². The molecule has 8 heteroatoms. The lowest BCUT2D eigenvalue weighted by atomic mass is 10.2. The summed E-state index contributed by atoms with van der Waals surface area (Å²) in [5.41, 5.74) is 0.867. The molecule has 1 heterocycles. The summed E-state index contributed by atoms with van der Waals surface area (Å²) in [4.78, 5) is 28.9. The molecule has 0 aliphatic carbocycles. The summed E-state index contributed by atoms with van der Waals surface area (Å²) >= 11 is 0. The summed E-state index contributed by atoms with van der Waals surface area (Å²) in [6, 6.07) is 9.22. The Labute approximate surface area is 120 Å². The normalized spacial score (nSPS) is 10.1. The largest absolute Gasteiger partial charge is 0.395 e. The number of nitrogens with zero attached hydrogens (tertiary/aromatic N) is 3. The minimum absolute atomic E-state index is 0.0670. The Balaban J connectivity index is 2.02. The number of carbonyl (C=O) groups is 2. The zero-order valence-corrected chi connectivity index (χ0v) is 11.2. The van der Waals surface area contributed by atoms with Gasteiger partial charge in [0.1, 0.15) is 6.33 Å². The molecule has 0 unspecified atom stereocenters. The third-order valence-corrected chi connectivity index (χ3v) is 2.71. The van der Waals surface area contributed by atoms with Gasteiger partial charge < -0.3 is 10.0 Å². The van der Waals surface area contributed by atoms with Crippen LogP contribution in [0.25, 0.3) is 0 Å². The SMILES string of the molecule is O=C(Nc1ncn[nH]1)C(=O)N(CCO)Cc1ccccc1. The summed E-state index contributed by atoms with van der Waals surface area (Å²) in [5.74, 6) is -1.49. The molecular weight excluding hydrogens is 274 g/mol. The van der Waals surface area contributed by atoms with Gasteiger partial charge in [-0.25, -0.2) is 5.10 Å². The molecule has 3 N–H and O–H groups in total. The molecule has 0 atom stereocenters. The van der Waals surface area contributed by atoms with Crippen molar-refractivity contribution in [3.8, 4) is 0 Å². The second kappa shape index (κ2) is 7.15. The molecule has 1 aromatic carbocycles. The van der Waals surface area contributed by atoms with E-state index in [0.29, 0.717) is 0 Å². The molecule has 1 aromatic heterocycles. The minimum atomic E-state index is -0.837. The Morgan fingerprint density at radius 1 is 1.29 bits per heavy atom. The number of benzene rings is 1. The molecule has 0 aliphatic rings. The van der Waals surface area contributed by atoms with E-state index in [1.165, 1.54) is 11.2 Å². The molecule has 21 heavy (non-hydrogen) atoms. The minimum Gasteiger partial charge on any atom is -0.395 e. The molecule has 0 saturated heterocycles. The van der Waals surface area contributed by atoms with Crippen molar-refractivity contribution in [2.75, 3.05) is 18.5 Å². The number of hydrogen-bond donors (Lipinski definition) is 3. The van der Waals surface area contributed by atoms with E-state index in [2.05, 4.69) is 20.5 Å². The number of anilines is 1. The molecular formula is C13H15N5O3. The number of amides is 2. The molecule has 0 fully saturated rings. The zero-order valence-electron chi connectivity index (χ0n) is 11.2. The molecule has 0 bridgehead atoms. The Kier molecular flexibility index (Phi) is 4.99. The zero-order chi connectivity index (χ0) is 15.1. The number of aliphatic hydroxyl groups is 1. The molecule has 2 amide bonds. The number of nitrogens with one attached hydrogen (secondary N) is 2. The fourth-order valence-electron chi connectivity index (χ4n) is 1.75. The molecule has 0 aliphatic heterocycles. The van der Waals surface area contributed by atoms with Gasteiger partial charge in [0.15, 0.2) is 0 Å². The summed E-state index contributed by atoms with van der Waals surface area (Å²) in [6.07, 6.45) is 1.22. The van der Waals surface area contributed by atoms with Gasteiger partial charge >= 0.3 is 11.8 Å². The van der Waals surface area contributed by atoms with E-state index in [1.54, 1.807) is 0 Å². The van der Waals surface area contributed by atoms with Crippen molar-refractivity contribution in [1.29, 1.82) is 0 Å². The van der Waals surface area contributed by atoms with Crippen LogP contribution in [-0.2, 0) is 16.1 Å². The molecule has 0 spiro atoms. The third kappa shape index (κ3) is 4.11. The number of aliphatic hydroxyl groups excluding tert-OH is 1. The fourth-order valence-corrected chi connectivity index (χ4v) is 1.75. The molecule has 8 nitrogen and oxygen atoms in total. The van der Waals surface area contributed by atoms with Crippen molar-refractivity contribution in [3.05, 3.63) is 42.2 Å². The first-order valence-corrected chi connectivity index (χ1v) is 6.31. The van der Waals surface area contributed by atoms with E-state index in [4.69, 9.17) is 5.11 Å². The van der Waals surface area contributed by atoms with Crippen molar-refractivity contribution in [3.63, 3.8) is 0 Å². The van der Waals surface area contributed by atoms with Crippen LogP contribution in [0, 0.1) is 0 Å². The second-order valence-electron chi connectivity index (χ2n) is 4.22. The number of carbonyl (C=O) groups excluding carboxylic acids is 2. The van der Waals surface area contributed by atoms with Crippen molar-refractivity contribution in [1.82, 2.24) is 20.1 Å². The monoisotopic (exact) mass is 289 g/mol. The predicted octanol–water partition coefficient (Wildman–Crippen LogP) is -0.236. The maximum absolute atomic E-state index is 12.1. The number of aromatic nitrogens is 3. The lowest BCUT2D eigenvalue weighted by Crippen LogP contribution is -2.41. The molecule has 2 rings (SSSR count). The Hall–Kier alpha value is -2.74. The molecule has 110 valence electrons. The highest BCUT2D eigenvalue weighted by molar-refractivity contribution is 6.39. The van der Waals surface area contributed by atoms with Gasteiger partial charge in [-0.1, -0.05) is 30.3 Å². The highest BCUT2D eigenvalue weighted by atomic mass is 16.3. The first kappa shape index (κ1) is 14.7. The van der Waals surface area contributed by atoms with Crippen LogP contribution in [-0.4, -0.2) is 50.2 Å². The maximum atomic E-state index is 12.1. The maximum Gasteiger partial charge on any atom is 0.316 e.